The van der Waals surface area contributed by atoms with E-state index in [9.17, 15) is 14.5 Å². The highest BCUT2D eigenvalue weighted by Gasteiger charge is 2.20. The number of hydrogen-bond acceptors (Lipinski definition) is 4. The van der Waals surface area contributed by atoms with Crippen molar-refractivity contribution in [1.82, 2.24) is 14.8 Å². The van der Waals surface area contributed by atoms with Gasteiger partial charge in [0.05, 0.1) is 10.5 Å². The molecule has 2 aromatic rings. The first-order chi connectivity index (χ1) is 8.99. The van der Waals surface area contributed by atoms with Gasteiger partial charge in [-0.15, -0.1) is 10.2 Å². The summed E-state index contributed by atoms with van der Waals surface area (Å²) in [7, 11) is 0. The van der Waals surface area contributed by atoms with Gasteiger partial charge in [0.15, 0.2) is 5.82 Å². The first-order valence-corrected chi connectivity index (χ1v) is 5.81. The van der Waals surface area contributed by atoms with Crippen molar-refractivity contribution in [3.63, 3.8) is 0 Å². The molecule has 0 aliphatic rings. The molecule has 1 aromatic carbocycles. The Morgan fingerprint density at radius 3 is 2.84 bits per heavy atom. The van der Waals surface area contributed by atoms with Crippen molar-refractivity contribution in [2.24, 2.45) is 5.92 Å². The van der Waals surface area contributed by atoms with Crippen LogP contribution in [0.4, 0.5) is 10.1 Å². The van der Waals surface area contributed by atoms with Crippen molar-refractivity contribution >= 4 is 5.69 Å². The molecule has 0 aliphatic heterocycles. The van der Waals surface area contributed by atoms with E-state index in [4.69, 9.17) is 0 Å². The molecule has 0 fully saturated rings. The van der Waals surface area contributed by atoms with E-state index in [1.807, 2.05) is 13.8 Å². The highest BCUT2D eigenvalue weighted by Crippen LogP contribution is 2.29. The van der Waals surface area contributed by atoms with Crippen LogP contribution in [0.25, 0.3) is 11.4 Å². The second kappa shape index (κ2) is 5.13. The molecule has 0 bridgehead atoms. The number of nitrogens with zero attached hydrogens (tertiary/aromatic N) is 4. The summed E-state index contributed by atoms with van der Waals surface area (Å²) in [5, 5.41) is 18.6. The number of benzene rings is 1. The second-order valence-electron chi connectivity index (χ2n) is 4.62. The first kappa shape index (κ1) is 13.1. The fraction of sp³-hybridized carbons (Fsp3) is 0.333. The fourth-order valence-electron chi connectivity index (χ4n) is 1.84. The second-order valence-corrected chi connectivity index (χ2v) is 4.62. The maximum Gasteiger partial charge on any atom is 0.280 e. The standard InChI is InChI=1S/C12H13FN4O2/c1-8(2)6-16-7-14-15-12(16)10-5-9(13)3-4-11(10)17(18)19/h3-5,7-8H,6H2,1-2H3. The lowest BCUT2D eigenvalue weighted by Crippen LogP contribution is -2.06. The van der Waals surface area contributed by atoms with E-state index in [0.717, 1.165) is 18.2 Å². The van der Waals surface area contributed by atoms with E-state index in [2.05, 4.69) is 10.2 Å². The van der Waals surface area contributed by atoms with Crippen LogP contribution in [0.2, 0.25) is 0 Å². The Balaban J connectivity index is 2.55. The molecular weight excluding hydrogens is 251 g/mol. The monoisotopic (exact) mass is 264 g/mol. The molecule has 0 N–H and O–H groups in total. The molecule has 19 heavy (non-hydrogen) atoms. The Labute approximate surface area is 109 Å². The van der Waals surface area contributed by atoms with E-state index in [1.54, 1.807) is 4.57 Å². The molecular formula is C12H13FN4O2. The van der Waals surface area contributed by atoms with Gasteiger partial charge in [0.1, 0.15) is 12.1 Å². The van der Waals surface area contributed by atoms with Gasteiger partial charge in [-0.3, -0.25) is 10.1 Å². The third kappa shape index (κ3) is 2.75. The molecule has 0 saturated heterocycles. The van der Waals surface area contributed by atoms with E-state index < -0.39 is 10.7 Å². The van der Waals surface area contributed by atoms with Gasteiger partial charge >= 0.3 is 0 Å². The third-order valence-electron chi connectivity index (χ3n) is 2.57. The van der Waals surface area contributed by atoms with Crippen LogP contribution < -0.4 is 0 Å². The molecule has 0 spiro atoms. The summed E-state index contributed by atoms with van der Waals surface area (Å²) in [5.41, 5.74) is -0.0393. The van der Waals surface area contributed by atoms with Gasteiger partial charge in [0.2, 0.25) is 0 Å². The van der Waals surface area contributed by atoms with Gasteiger partial charge in [-0.25, -0.2) is 4.39 Å². The molecule has 2 rings (SSSR count). The molecule has 7 heteroatoms. The SMILES string of the molecule is CC(C)Cn1cnnc1-c1cc(F)ccc1[N+](=O)[O-]. The van der Waals surface area contributed by atoms with Crippen molar-refractivity contribution in [1.29, 1.82) is 0 Å². The number of aromatic nitrogens is 3. The van der Waals surface area contributed by atoms with Crippen molar-refractivity contribution < 1.29 is 9.31 Å². The van der Waals surface area contributed by atoms with Crippen LogP contribution in [-0.4, -0.2) is 19.7 Å². The van der Waals surface area contributed by atoms with Gasteiger partial charge in [-0.05, 0) is 18.1 Å². The zero-order valence-corrected chi connectivity index (χ0v) is 10.6. The van der Waals surface area contributed by atoms with Crippen LogP contribution in [0.3, 0.4) is 0 Å². The maximum atomic E-state index is 13.3. The molecule has 0 saturated carbocycles. The van der Waals surface area contributed by atoms with Crippen LogP contribution >= 0.6 is 0 Å². The molecule has 0 amide bonds. The molecule has 6 nitrogen and oxygen atoms in total. The lowest BCUT2D eigenvalue weighted by Gasteiger charge is -2.09. The van der Waals surface area contributed by atoms with Gasteiger partial charge in [-0.1, -0.05) is 13.8 Å². The number of nitro groups is 1. The molecule has 1 aromatic heterocycles. The van der Waals surface area contributed by atoms with Crippen molar-refractivity contribution in [3.05, 3.63) is 40.5 Å². The van der Waals surface area contributed by atoms with E-state index >= 15 is 0 Å². The normalized spacial score (nSPS) is 10.9. The van der Waals surface area contributed by atoms with Crippen molar-refractivity contribution in [2.75, 3.05) is 0 Å². The van der Waals surface area contributed by atoms with E-state index in [-0.39, 0.29) is 11.3 Å². The summed E-state index contributed by atoms with van der Waals surface area (Å²) in [4.78, 5) is 10.4. The summed E-state index contributed by atoms with van der Waals surface area (Å²) in [6, 6.07) is 3.31. The Morgan fingerprint density at radius 1 is 1.47 bits per heavy atom. The maximum absolute atomic E-state index is 13.3. The molecule has 0 radical (unpaired) electrons. The average molecular weight is 264 g/mol. The molecule has 100 valence electrons. The molecule has 1 heterocycles. The van der Waals surface area contributed by atoms with Crippen LogP contribution in [0.1, 0.15) is 13.8 Å². The predicted octanol–water partition coefficient (Wildman–Crippen LogP) is 2.65. The lowest BCUT2D eigenvalue weighted by molar-refractivity contribution is -0.384. The van der Waals surface area contributed by atoms with E-state index in [0.29, 0.717) is 18.3 Å². The summed E-state index contributed by atoms with van der Waals surface area (Å²) >= 11 is 0. The van der Waals surface area contributed by atoms with Crippen LogP contribution in [0, 0.1) is 21.8 Å². The zero-order chi connectivity index (χ0) is 14.0. The minimum atomic E-state index is -0.552. The highest BCUT2D eigenvalue weighted by molar-refractivity contribution is 5.68. The Hall–Kier alpha value is -2.31. The number of halogens is 1. The summed E-state index contributed by atoms with van der Waals surface area (Å²) in [6.45, 7) is 4.61. The quantitative estimate of drug-likeness (QED) is 0.628. The topological polar surface area (TPSA) is 73.8 Å². The average Bonchev–Trinajstić information content (AvgIpc) is 2.75. The van der Waals surface area contributed by atoms with Gasteiger partial charge in [0.25, 0.3) is 5.69 Å². The van der Waals surface area contributed by atoms with Gasteiger partial charge < -0.3 is 4.57 Å². The van der Waals surface area contributed by atoms with Crippen LogP contribution in [0.15, 0.2) is 24.5 Å². The third-order valence-corrected chi connectivity index (χ3v) is 2.57. The van der Waals surface area contributed by atoms with Crippen molar-refractivity contribution in [3.8, 4) is 11.4 Å². The van der Waals surface area contributed by atoms with Gasteiger partial charge in [0, 0.05) is 12.6 Å². The Bertz CT molecular complexity index is 610. The van der Waals surface area contributed by atoms with Gasteiger partial charge in [-0.2, -0.15) is 0 Å². The Morgan fingerprint density at radius 2 is 2.21 bits per heavy atom. The first-order valence-electron chi connectivity index (χ1n) is 5.81. The highest BCUT2D eigenvalue weighted by atomic mass is 19.1. The molecule has 0 atom stereocenters. The minimum absolute atomic E-state index is 0.142. The van der Waals surface area contributed by atoms with E-state index in [1.165, 1.54) is 6.33 Å². The zero-order valence-electron chi connectivity index (χ0n) is 10.6. The molecule has 0 unspecified atom stereocenters. The minimum Gasteiger partial charge on any atom is -0.313 e. The Kier molecular flexibility index (Phi) is 3.55. The van der Waals surface area contributed by atoms with Crippen LogP contribution in [-0.2, 0) is 6.54 Å². The molecule has 0 aliphatic carbocycles. The van der Waals surface area contributed by atoms with Crippen LogP contribution in [0.5, 0.6) is 0 Å². The number of hydrogen-bond donors (Lipinski definition) is 0. The smallest absolute Gasteiger partial charge is 0.280 e. The van der Waals surface area contributed by atoms with Crippen molar-refractivity contribution in [2.45, 2.75) is 20.4 Å². The number of nitro benzene ring substituents is 1. The number of rotatable bonds is 4. The summed E-state index contributed by atoms with van der Waals surface area (Å²) in [6.07, 6.45) is 1.49. The fourth-order valence-corrected chi connectivity index (χ4v) is 1.84. The largest absolute Gasteiger partial charge is 0.313 e. The lowest BCUT2D eigenvalue weighted by atomic mass is 10.1. The predicted molar refractivity (Wildman–Crippen MR) is 66.9 cm³/mol. The summed E-state index contributed by atoms with van der Waals surface area (Å²) < 4.78 is 15.0. The summed E-state index contributed by atoms with van der Waals surface area (Å²) in [5.74, 6) is 0.0852.